The molecule has 1 aromatic rings. The van der Waals surface area contributed by atoms with E-state index in [9.17, 15) is 14.4 Å². The van der Waals surface area contributed by atoms with Crippen LogP contribution in [0.2, 0.25) is 0 Å². The summed E-state index contributed by atoms with van der Waals surface area (Å²) >= 11 is 0. The molecule has 94 valence electrons. The summed E-state index contributed by atoms with van der Waals surface area (Å²) in [7, 11) is 0. The van der Waals surface area contributed by atoms with Gasteiger partial charge in [-0.25, -0.2) is 4.79 Å². The van der Waals surface area contributed by atoms with Gasteiger partial charge in [0.1, 0.15) is 6.29 Å². The minimum absolute atomic E-state index is 0.253. The largest absolute Gasteiger partial charge is 0.452 e. The number of esters is 1. The smallest absolute Gasteiger partial charge is 0.338 e. The highest BCUT2D eigenvalue weighted by Crippen LogP contribution is 2.18. The van der Waals surface area contributed by atoms with Crippen LogP contribution in [0.5, 0.6) is 0 Å². The lowest BCUT2D eigenvalue weighted by Gasteiger charge is -2.05. The fourth-order valence-corrected chi connectivity index (χ4v) is 1.41. The van der Waals surface area contributed by atoms with E-state index < -0.39 is 5.97 Å². The number of carbonyl (C=O) groups excluding carboxylic acids is 3. The molecule has 0 aliphatic heterocycles. The van der Waals surface area contributed by atoms with Crippen molar-refractivity contribution in [2.45, 2.75) is 18.9 Å². The van der Waals surface area contributed by atoms with Gasteiger partial charge in [0.25, 0.3) is 5.91 Å². The van der Waals surface area contributed by atoms with Crippen molar-refractivity contribution in [3.05, 3.63) is 35.4 Å². The van der Waals surface area contributed by atoms with Gasteiger partial charge in [-0.2, -0.15) is 0 Å². The molecule has 2 rings (SSSR count). The van der Waals surface area contributed by atoms with E-state index in [1.165, 1.54) is 24.3 Å². The number of hydrogen-bond donors (Lipinski definition) is 1. The minimum Gasteiger partial charge on any atom is -0.452 e. The standard InChI is InChI=1S/C13H13NO4/c15-7-9-1-3-10(4-2-9)13(17)18-8-12(16)14-11-5-6-11/h1-4,7,11H,5-6,8H2,(H,14,16). The monoisotopic (exact) mass is 247 g/mol. The van der Waals surface area contributed by atoms with Gasteiger partial charge in [-0.15, -0.1) is 0 Å². The molecule has 18 heavy (non-hydrogen) atoms. The van der Waals surface area contributed by atoms with Crippen LogP contribution >= 0.6 is 0 Å². The van der Waals surface area contributed by atoms with Gasteiger partial charge in [0.2, 0.25) is 0 Å². The van der Waals surface area contributed by atoms with E-state index in [1.54, 1.807) is 0 Å². The molecule has 0 spiro atoms. The van der Waals surface area contributed by atoms with E-state index in [0.717, 1.165) is 12.8 Å². The molecule has 0 heterocycles. The van der Waals surface area contributed by atoms with Crippen LogP contribution in [0.25, 0.3) is 0 Å². The Balaban J connectivity index is 1.82. The van der Waals surface area contributed by atoms with Gasteiger partial charge in [-0.3, -0.25) is 9.59 Å². The highest BCUT2D eigenvalue weighted by molar-refractivity contribution is 5.92. The third-order valence-electron chi connectivity index (χ3n) is 2.56. The number of rotatable bonds is 5. The molecule has 5 heteroatoms. The quantitative estimate of drug-likeness (QED) is 0.620. The Hall–Kier alpha value is -2.17. The molecule has 1 aromatic carbocycles. The van der Waals surface area contributed by atoms with Crippen molar-refractivity contribution >= 4 is 18.2 Å². The number of benzene rings is 1. The summed E-state index contributed by atoms with van der Waals surface area (Å²) in [6, 6.07) is 6.28. The Morgan fingerprint density at radius 1 is 1.28 bits per heavy atom. The Morgan fingerprint density at radius 2 is 1.94 bits per heavy atom. The van der Waals surface area contributed by atoms with Gasteiger partial charge >= 0.3 is 5.97 Å². The highest BCUT2D eigenvalue weighted by atomic mass is 16.5. The number of ether oxygens (including phenoxy) is 1. The first kappa shape index (κ1) is 12.3. The van der Waals surface area contributed by atoms with Crippen molar-refractivity contribution < 1.29 is 19.1 Å². The van der Waals surface area contributed by atoms with Crippen LogP contribution < -0.4 is 5.32 Å². The molecule has 0 aromatic heterocycles. The van der Waals surface area contributed by atoms with Crippen LogP contribution in [-0.2, 0) is 9.53 Å². The van der Waals surface area contributed by atoms with Gasteiger partial charge in [0, 0.05) is 11.6 Å². The first-order valence-electron chi connectivity index (χ1n) is 5.71. The zero-order chi connectivity index (χ0) is 13.0. The molecule has 5 nitrogen and oxygen atoms in total. The SMILES string of the molecule is O=Cc1ccc(C(=O)OCC(=O)NC2CC2)cc1. The third kappa shape index (κ3) is 3.41. The van der Waals surface area contributed by atoms with Crippen LogP contribution in [0.4, 0.5) is 0 Å². The molecule has 0 atom stereocenters. The molecule has 0 saturated heterocycles. The number of carbonyl (C=O) groups is 3. The predicted molar refractivity (Wildman–Crippen MR) is 63.3 cm³/mol. The molecule has 1 fully saturated rings. The zero-order valence-corrected chi connectivity index (χ0v) is 9.72. The lowest BCUT2D eigenvalue weighted by atomic mass is 10.1. The topological polar surface area (TPSA) is 72.5 Å². The summed E-state index contributed by atoms with van der Waals surface area (Å²) in [6.07, 6.45) is 2.68. The van der Waals surface area contributed by atoms with E-state index in [2.05, 4.69) is 5.32 Å². The Morgan fingerprint density at radius 3 is 2.50 bits per heavy atom. The predicted octanol–water partition coefficient (Wildman–Crippen LogP) is 0.934. The number of amides is 1. The van der Waals surface area contributed by atoms with Crippen LogP contribution in [0.1, 0.15) is 33.6 Å². The number of hydrogen-bond acceptors (Lipinski definition) is 4. The molecule has 1 aliphatic carbocycles. The van der Waals surface area contributed by atoms with Crippen LogP contribution in [0.3, 0.4) is 0 Å². The summed E-state index contributed by atoms with van der Waals surface area (Å²) in [5.41, 5.74) is 0.804. The minimum atomic E-state index is -0.571. The molecule has 1 amide bonds. The van der Waals surface area contributed by atoms with Crippen molar-refractivity contribution in [2.75, 3.05) is 6.61 Å². The van der Waals surface area contributed by atoms with E-state index in [1.807, 2.05) is 0 Å². The molecule has 1 N–H and O–H groups in total. The van der Waals surface area contributed by atoms with Gasteiger partial charge < -0.3 is 10.1 Å². The lowest BCUT2D eigenvalue weighted by molar-refractivity contribution is -0.124. The highest BCUT2D eigenvalue weighted by Gasteiger charge is 2.23. The Kier molecular flexibility index (Phi) is 3.72. The fourth-order valence-electron chi connectivity index (χ4n) is 1.41. The van der Waals surface area contributed by atoms with E-state index >= 15 is 0 Å². The first-order valence-corrected chi connectivity index (χ1v) is 5.71. The maximum absolute atomic E-state index is 11.6. The van der Waals surface area contributed by atoms with Crippen molar-refractivity contribution in [1.29, 1.82) is 0 Å². The molecular formula is C13H13NO4. The van der Waals surface area contributed by atoms with Gasteiger partial charge in [0.05, 0.1) is 5.56 Å². The van der Waals surface area contributed by atoms with Crippen LogP contribution in [0, 0.1) is 0 Å². The summed E-state index contributed by atoms with van der Waals surface area (Å²) in [4.78, 5) is 33.3. The second-order valence-corrected chi connectivity index (χ2v) is 4.16. The molecule has 1 aliphatic rings. The van der Waals surface area contributed by atoms with Gasteiger partial charge in [-0.1, -0.05) is 12.1 Å². The van der Waals surface area contributed by atoms with E-state index in [4.69, 9.17) is 4.74 Å². The number of aldehydes is 1. The summed E-state index contributed by atoms with van der Waals surface area (Å²) in [6.45, 7) is -0.273. The second-order valence-electron chi connectivity index (χ2n) is 4.16. The maximum Gasteiger partial charge on any atom is 0.338 e. The maximum atomic E-state index is 11.6. The van der Waals surface area contributed by atoms with Crippen LogP contribution in [-0.4, -0.2) is 30.8 Å². The molecule has 0 bridgehead atoms. The molecular weight excluding hydrogens is 234 g/mol. The molecule has 0 unspecified atom stereocenters. The Bertz CT molecular complexity index is 462. The van der Waals surface area contributed by atoms with Crippen LogP contribution in [0.15, 0.2) is 24.3 Å². The van der Waals surface area contributed by atoms with Crippen molar-refractivity contribution in [3.8, 4) is 0 Å². The third-order valence-corrected chi connectivity index (χ3v) is 2.56. The van der Waals surface area contributed by atoms with Crippen molar-refractivity contribution in [3.63, 3.8) is 0 Å². The first-order chi connectivity index (χ1) is 8.69. The van der Waals surface area contributed by atoms with Gasteiger partial charge in [-0.05, 0) is 25.0 Å². The van der Waals surface area contributed by atoms with E-state index in [-0.39, 0.29) is 18.6 Å². The summed E-state index contributed by atoms with van der Waals surface area (Å²) in [5, 5.41) is 2.72. The average molecular weight is 247 g/mol. The number of nitrogens with one attached hydrogen (secondary N) is 1. The summed E-state index contributed by atoms with van der Waals surface area (Å²) in [5.74, 6) is -0.853. The molecule has 0 radical (unpaired) electrons. The van der Waals surface area contributed by atoms with Crippen molar-refractivity contribution in [2.24, 2.45) is 0 Å². The van der Waals surface area contributed by atoms with Crippen molar-refractivity contribution in [1.82, 2.24) is 5.32 Å². The normalized spacial score (nSPS) is 13.8. The zero-order valence-electron chi connectivity index (χ0n) is 9.72. The fraction of sp³-hybridized carbons (Fsp3) is 0.308. The van der Waals surface area contributed by atoms with E-state index in [0.29, 0.717) is 17.4 Å². The Labute approximate surface area is 104 Å². The summed E-state index contributed by atoms with van der Waals surface area (Å²) < 4.78 is 4.85. The lowest BCUT2D eigenvalue weighted by Crippen LogP contribution is -2.30. The second kappa shape index (κ2) is 5.44. The molecule has 1 saturated carbocycles. The average Bonchev–Trinajstić information content (AvgIpc) is 3.20. The van der Waals surface area contributed by atoms with Gasteiger partial charge in [0.15, 0.2) is 6.61 Å².